The molecule has 0 heterocycles. The molecule has 0 saturated heterocycles. The highest BCUT2D eigenvalue weighted by Gasteiger charge is 2.30. The molecule has 6 rings (SSSR count). The Bertz CT molecular complexity index is 2150. The standard InChI is InChI=1S/C25H24O5.C16H16O3.C9H10O3/c1-28-23(21-15-9-4-10-16-21)25(27)30-22(17-19-11-5-2-6-12-19)24(26)29-18-20-13-7-3-8-14-20;17-15(11-13-7-3-1-4-8-13)16(18)19-12-14-9-5-2-6-10-14;1-12-9(11)8(10)7-5-3-2-4-6-7/h2-16,22-23H,17-18H2,1H3;1-10,15,17H,11-12H2;2-6,8,10H,1H3/t22-,23+;;8-/m0.0/s1. The zero-order valence-corrected chi connectivity index (χ0v) is 34.0. The Labute approximate surface area is 356 Å². The number of aliphatic hydroxyl groups is 2. The van der Waals surface area contributed by atoms with Crippen molar-refractivity contribution in [2.24, 2.45) is 0 Å². The molecule has 0 amide bonds. The molecule has 0 aliphatic heterocycles. The molecule has 1 unspecified atom stereocenters. The number of hydrogen-bond donors (Lipinski definition) is 2. The van der Waals surface area contributed by atoms with Gasteiger partial charge >= 0.3 is 23.9 Å². The van der Waals surface area contributed by atoms with Gasteiger partial charge in [-0.2, -0.15) is 0 Å². The molecule has 0 saturated carbocycles. The van der Waals surface area contributed by atoms with Gasteiger partial charge < -0.3 is 33.9 Å². The van der Waals surface area contributed by atoms with Gasteiger partial charge in [0.15, 0.2) is 18.3 Å². The van der Waals surface area contributed by atoms with E-state index in [-0.39, 0.29) is 26.1 Å². The van der Waals surface area contributed by atoms with E-state index in [9.17, 15) is 29.4 Å². The molecule has 0 aromatic heterocycles. The second-order valence-corrected chi connectivity index (χ2v) is 13.4. The smallest absolute Gasteiger partial charge is 0.348 e. The summed E-state index contributed by atoms with van der Waals surface area (Å²) in [5, 5.41) is 19.1. The van der Waals surface area contributed by atoms with E-state index in [4.69, 9.17) is 18.9 Å². The van der Waals surface area contributed by atoms with Crippen LogP contribution in [0.4, 0.5) is 0 Å². The molecule has 4 atom stereocenters. The molecule has 0 fully saturated rings. The summed E-state index contributed by atoms with van der Waals surface area (Å²) < 4.78 is 25.8. The van der Waals surface area contributed by atoms with Gasteiger partial charge in [-0.05, 0) is 33.4 Å². The number of esters is 4. The second-order valence-electron chi connectivity index (χ2n) is 13.4. The molecular weight excluding hydrogens is 777 g/mol. The highest BCUT2D eigenvalue weighted by Crippen LogP contribution is 2.21. The van der Waals surface area contributed by atoms with Gasteiger partial charge in [0, 0.05) is 20.0 Å². The van der Waals surface area contributed by atoms with Crippen LogP contribution in [0.1, 0.15) is 45.6 Å². The van der Waals surface area contributed by atoms with Gasteiger partial charge in [0.2, 0.25) is 6.10 Å². The molecule has 316 valence electrons. The minimum absolute atomic E-state index is 0.106. The first kappa shape index (κ1) is 46.8. The first-order valence-electron chi connectivity index (χ1n) is 19.4. The summed E-state index contributed by atoms with van der Waals surface area (Å²) in [6, 6.07) is 55.2. The van der Waals surface area contributed by atoms with Gasteiger partial charge in [0.05, 0.1) is 7.11 Å². The Balaban J connectivity index is 0.000000224. The van der Waals surface area contributed by atoms with Crippen LogP contribution in [0.2, 0.25) is 0 Å². The molecule has 11 nitrogen and oxygen atoms in total. The largest absolute Gasteiger partial charge is 0.467 e. The number of hydrogen-bond acceptors (Lipinski definition) is 11. The lowest BCUT2D eigenvalue weighted by Crippen LogP contribution is -2.33. The topological polar surface area (TPSA) is 155 Å². The lowest BCUT2D eigenvalue weighted by atomic mass is 10.1. The molecule has 0 aliphatic rings. The fourth-order valence-electron chi connectivity index (χ4n) is 5.65. The summed E-state index contributed by atoms with van der Waals surface area (Å²) in [6.45, 7) is 0.292. The lowest BCUT2D eigenvalue weighted by Gasteiger charge is -2.21. The van der Waals surface area contributed by atoms with Crippen LogP contribution in [0, 0.1) is 0 Å². The molecule has 0 radical (unpaired) electrons. The third-order valence-corrected chi connectivity index (χ3v) is 8.87. The van der Waals surface area contributed by atoms with Crippen molar-refractivity contribution in [2.45, 2.75) is 50.5 Å². The summed E-state index contributed by atoms with van der Waals surface area (Å²) in [4.78, 5) is 48.1. The third kappa shape index (κ3) is 16.7. The van der Waals surface area contributed by atoms with Crippen molar-refractivity contribution in [3.05, 3.63) is 215 Å². The van der Waals surface area contributed by atoms with Gasteiger partial charge in [-0.3, -0.25) is 0 Å². The second kappa shape index (κ2) is 26.2. The van der Waals surface area contributed by atoms with E-state index < -0.39 is 48.3 Å². The molecule has 2 N–H and O–H groups in total. The molecular formula is C50H50O11. The third-order valence-electron chi connectivity index (χ3n) is 8.87. The number of aliphatic hydroxyl groups excluding tert-OH is 2. The van der Waals surface area contributed by atoms with Crippen LogP contribution in [-0.2, 0) is 68.9 Å². The van der Waals surface area contributed by atoms with Crippen molar-refractivity contribution >= 4 is 23.9 Å². The van der Waals surface area contributed by atoms with Crippen LogP contribution in [0.25, 0.3) is 0 Å². The van der Waals surface area contributed by atoms with Crippen LogP contribution in [-0.4, -0.2) is 60.5 Å². The summed E-state index contributed by atoms with van der Waals surface area (Å²) in [5.74, 6) is -2.46. The number of rotatable bonds is 16. The number of carbonyl (C=O) groups is 4. The van der Waals surface area contributed by atoms with E-state index in [1.165, 1.54) is 14.2 Å². The van der Waals surface area contributed by atoms with Gasteiger partial charge in [0.1, 0.15) is 13.2 Å². The van der Waals surface area contributed by atoms with Gasteiger partial charge in [-0.25, -0.2) is 19.2 Å². The minimum Gasteiger partial charge on any atom is -0.467 e. The fourth-order valence-corrected chi connectivity index (χ4v) is 5.65. The Hall–Kier alpha value is -6.92. The number of ether oxygens (including phenoxy) is 5. The molecule has 11 heteroatoms. The molecule has 0 spiro atoms. The van der Waals surface area contributed by atoms with Crippen LogP contribution < -0.4 is 0 Å². The Morgan fingerprint density at radius 1 is 0.443 bits per heavy atom. The van der Waals surface area contributed by atoms with E-state index in [0.717, 1.165) is 22.3 Å². The van der Waals surface area contributed by atoms with Gasteiger partial charge in [-0.1, -0.05) is 182 Å². The number of carbonyl (C=O) groups excluding carboxylic acids is 4. The SMILES string of the molecule is COC(=O)[C@@H](O)c1ccccc1.CO[C@@H](C(=O)O[C@@H](Cc1ccccc1)C(=O)OCc1ccccc1)c1ccccc1.O=C(OCc1ccccc1)C(O)Cc1ccccc1. The minimum atomic E-state index is -1.17. The van der Waals surface area contributed by atoms with Crippen LogP contribution in [0.15, 0.2) is 182 Å². The van der Waals surface area contributed by atoms with Crippen molar-refractivity contribution in [1.82, 2.24) is 0 Å². The zero-order valence-electron chi connectivity index (χ0n) is 34.0. The van der Waals surface area contributed by atoms with Crippen molar-refractivity contribution in [2.75, 3.05) is 14.2 Å². The average molecular weight is 827 g/mol. The highest BCUT2D eigenvalue weighted by molar-refractivity contribution is 5.82. The maximum absolute atomic E-state index is 12.8. The van der Waals surface area contributed by atoms with Gasteiger partial charge in [0.25, 0.3) is 0 Å². The Morgan fingerprint density at radius 3 is 1.25 bits per heavy atom. The molecule has 6 aromatic rings. The normalized spacial score (nSPS) is 12.3. The molecule has 0 bridgehead atoms. The summed E-state index contributed by atoms with van der Waals surface area (Å²) in [5.41, 5.74) is 4.73. The van der Waals surface area contributed by atoms with Crippen molar-refractivity contribution < 1.29 is 53.1 Å². The number of methoxy groups -OCH3 is 2. The quantitative estimate of drug-likeness (QED) is 0.0737. The fraction of sp³-hybridized carbons (Fsp3) is 0.200. The summed E-state index contributed by atoms with van der Waals surface area (Å²) in [6.07, 6.45) is -3.81. The lowest BCUT2D eigenvalue weighted by molar-refractivity contribution is -0.175. The molecule has 6 aromatic carbocycles. The zero-order chi connectivity index (χ0) is 43.7. The number of benzene rings is 6. The summed E-state index contributed by atoms with van der Waals surface area (Å²) >= 11 is 0. The predicted molar refractivity (Wildman–Crippen MR) is 228 cm³/mol. The van der Waals surface area contributed by atoms with Crippen molar-refractivity contribution in [3.8, 4) is 0 Å². The Kier molecular flexibility index (Phi) is 20.1. The molecule has 0 aliphatic carbocycles. The van der Waals surface area contributed by atoms with Crippen LogP contribution in [0.5, 0.6) is 0 Å². The maximum Gasteiger partial charge on any atom is 0.348 e. The summed E-state index contributed by atoms with van der Waals surface area (Å²) in [7, 11) is 2.67. The first-order chi connectivity index (χ1) is 29.7. The monoisotopic (exact) mass is 826 g/mol. The van der Waals surface area contributed by atoms with E-state index in [2.05, 4.69) is 4.74 Å². The van der Waals surface area contributed by atoms with Crippen molar-refractivity contribution in [3.63, 3.8) is 0 Å². The van der Waals surface area contributed by atoms with Gasteiger partial charge in [-0.15, -0.1) is 0 Å². The Morgan fingerprint density at radius 2 is 0.820 bits per heavy atom. The molecule has 61 heavy (non-hydrogen) atoms. The average Bonchev–Trinajstić information content (AvgIpc) is 3.32. The highest BCUT2D eigenvalue weighted by atomic mass is 16.6. The van der Waals surface area contributed by atoms with Crippen molar-refractivity contribution in [1.29, 1.82) is 0 Å². The van der Waals surface area contributed by atoms with E-state index >= 15 is 0 Å². The van der Waals surface area contributed by atoms with E-state index in [1.807, 2.05) is 146 Å². The van der Waals surface area contributed by atoms with Crippen LogP contribution >= 0.6 is 0 Å². The first-order valence-corrected chi connectivity index (χ1v) is 19.4. The maximum atomic E-state index is 12.8. The van der Waals surface area contributed by atoms with Crippen LogP contribution in [0.3, 0.4) is 0 Å². The van der Waals surface area contributed by atoms with E-state index in [0.29, 0.717) is 11.1 Å². The van der Waals surface area contributed by atoms with E-state index in [1.54, 1.807) is 36.4 Å². The predicted octanol–water partition coefficient (Wildman–Crippen LogP) is 7.50.